The molecular weight excluding hydrogens is 325 g/mol. The molecule has 0 bridgehead atoms. The lowest BCUT2D eigenvalue weighted by atomic mass is 10.2. The molecule has 82 valence electrons. The van der Waals surface area contributed by atoms with Gasteiger partial charge in [0.2, 0.25) is 5.89 Å². The summed E-state index contributed by atoms with van der Waals surface area (Å²) in [6, 6.07) is 7.39. The summed E-state index contributed by atoms with van der Waals surface area (Å²) in [5.74, 6) is -0.877. The molecule has 2 N–H and O–H groups in total. The van der Waals surface area contributed by atoms with Crippen molar-refractivity contribution in [2.75, 3.05) is 0 Å². The van der Waals surface area contributed by atoms with Crippen molar-refractivity contribution in [3.63, 3.8) is 0 Å². The first-order valence-electron chi connectivity index (χ1n) is 4.24. The largest absolute Gasteiger partial charge is 0.412 e. The SMILES string of the molecule is O=C(NO)c1nnc(-c2cccc(I)c2)o1. The standard InChI is InChI=1S/C9H6IN3O3/c10-6-3-1-2-5(4-6)8-11-12-9(16-8)7(14)13-15/h1-4,15H,(H,13,14). The molecule has 1 heterocycles. The van der Waals surface area contributed by atoms with Crippen LogP contribution < -0.4 is 5.48 Å². The van der Waals surface area contributed by atoms with Gasteiger partial charge >= 0.3 is 11.8 Å². The number of carbonyl (C=O) groups excluding carboxylic acids is 1. The molecule has 0 spiro atoms. The van der Waals surface area contributed by atoms with E-state index in [1.54, 1.807) is 6.07 Å². The molecule has 0 saturated carbocycles. The summed E-state index contributed by atoms with van der Waals surface area (Å²) in [5, 5.41) is 15.6. The molecule has 0 aliphatic rings. The lowest BCUT2D eigenvalue weighted by Crippen LogP contribution is -2.18. The average Bonchev–Trinajstić information content (AvgIpc) is 2.77. The van der Waals surface area contributed by atoms with Gasteiger partial charge in [-0.1, -0.05) is 6.07 Å². The van der Waals surface area contributed by atoms with E-state index in [2.05, 4.69) is 32.8 Å². The number of nitrogens with zero attached hydrogens (tertiary/aromatic N) is 2. The highest BCUT2D eigenvalue weighted by Crippen LogP contribution is 2.19. The second-order valence-electron chi connectivity index (χ2n) is 2.86. The van der Waals surface area contributed by atoms with Crippen LogP contribution >= 0.6 is 22.6 Å². The van der Waals surface area contributed by atoms with Crippen LogP contribution in [0.2, 0.25) is 0 Å². The number of hydroxylamine groups is 1. The van der Waals surface area contributed by atoms with Gasteiger partial charge in [-0.15, -0.1) is 10.2 Å². The van der Waals surface area contributed by atoms with E-state index in [9.17, 15) is 4.79 Å². The zero-order valence-electron chi connectivity index (χ0n) is 7.85. The monoisotopic (exact) mass is 331 g/mol. The third-order valence-corrected chi connectivity index (χ3v) is 2.46. The van der Waals surface area contributed by atoms with Gasteiger partial charge in [0.25, 0.3) is 0 Å². The minimum atomic E-state index is -0.829. The molecule has 1 amide bonds. The number of benzene rings is 1. The highest BCUT2D eigenvalue weighted by Gasteiger charge is 2.14. The molecule has 2 rings (SSSR count). The number of hydrogen-bond acceptors (Lipinski definition) is 5. The van der Waals surface area contributed by atoms with E-state index >= 15 is 0 Å². The number of aromatic nitrogens is 2. The molecule has 0 saturated heterocycles. The van der Waals surface area contributed by atoms with Gasteiger partial charge in [0, 0.05) is 9.13 Å². The highest BCUT2D eigenvalue weighted by atomic mass is 127. The fourth-order valence-corrected chi connectivity index (χ4v) is 1.64. The predicted molar refractivity (Wildman–Crippen MR) is 61.7 cm³/mol. The molecular formula is C9H6IN3O3. The van der Waals surface area contributed by atoms with E-state index in [0.29, 0.717) is 0 Å². The fraction of sp³-hybridized carbons (Fsp3) is 0. The second-order valence-corrected chi connectivity index (χ2v) is 4.11. The Labute approximate surface area is 104 Å². The Morgan fingerprint density at radius 2 is 2.25 bits per heavy atom. The fourth-order valence-electron chi connectivity index (χ4n) is 1.10. The van der Waals surface area contributed by atoms with Gasteiger partial charge in [-0.05, 0) is 40.8 Å². The minimum Gasteiger partial charge on any atom is -0.412 e. The van der Waals surface area contributed by atoms with E-state index in [4.69, 9.17) is 9.62 Å². The van der Waals surface area contributed by atoms with Crippen molar-refractivity contribution in [2.45, 2.75) is 0 Å². The van der Waals surface area contributed by atoms with Crippen molar-refractivity contribution in [3.8, 4) is 11.5 Å². The summed E-state index contributed by atoms with van der Waals surface area (Å²) in [6.45, 7) is 0. The van der Waals surface area contributed by atoms with Crippen LogP contribution in [0.15, 0.2) is 28.7 Å². The van der Waals surface area contributed by atoms with E-state index in [-0.39, 0.29) is 11.8 Å². The Balaban J connectivity index is 2.35. The number of rotatable bonds is 2. The van der Waals surface area contributed by atoms with Crippen molar-refractivity contribution in [3.05, 3.63) is 33.7 Å². The van der Waals surface area contributed by atoms with Crippen LogP contribution in [-0.4, -0.2) is 21.3 Å². The van der Waals surface area contributed by atoms with Crippen LogP contribution in [0.1, 0.15) is 10.7 Å². The summed E-state index contributed by atoms with van der Waals surface area (Å²) in [5.41, 5.74) is 2.14. The molecule has 2 aromatic rings. The van der Waals surface area contributed by atoms with Crippen molar-refractivity contribution < 1.29 is 14.4 Å². The van der Waals surface area contributed by atoms with Gasteiger partial charge in [0.05, 0.1) is 0 Å². The van der Waals surface area contributed by atoms with Crippen LogP contribution in [0, 0.1) is 3.57 Å². The van der Waals surface area contributed by atoms with Gasteiger partial charge in [0.15, 0.2) is 0 Å². The smallest absolute Gasteiger partial charge is 0.332 e. The first kappa shape index (κ1) is 11.0. The maximum Gasteiger partial charge on any atom is 0.332 e. The first-order valence-corrected chi connectivity index (χ1v) is 5.32. The topological polar surface area (TPSA) is 88.2 Å². The molecule has 0 aliphatic carbocycles. The van der Waals surface area contributed by atoms with Gasteiger partial charge in [-0.25, -0.2) is 5.48 Å². The Kier molecular flexibility index (Phi) is 3.15. The van der Waals surface area contributed by atoms with Gasteiger partial charge < -0.3 is 4.42 Å². The zero-order chi connectivity index (χ0) is 11.5. The molecule has 0 radical (unpaired) electrons. The van der Waals surface area contributed by atoms with Crippen LogP contribution in [0.4, 0.5) is 0 Å². The van der Waals surface area contributed by atoms with Crippen molar-refractivity contribution in [2.24, 2.45) is 0 Å². The third-order valence-electron chi connectivity index (χ3n) is 1.79. The Hall–Kier alpha value is -1.48. The number of hydrogen-bond donors (Lipinski definition) is 2. The Morgan fingerprint density at radius 1 is 1.44 bits per heavy atom. The second kappa shape index (κ2) is 4.58. The van der Waals surface area contributed by atoms with Crippen molar-refractivity contribution in [1.82, 2.24) is 15.7 Å². The van der Waals surface area contributed by atoms with Crippen LogP contribution in [0.3, 0.4) is 0 Å². The van der Waals surface area contributed by atoms with E-state index < -0.39 is 5.91 Å². The van der Waals surface area contributed by atoms with Crippen molar-refractivity contribution in [1.29, 1.82) is 0 Å². The van der Waals surface area contributed by atoms with Crippen LogP contribution in [0.25, 0.3) is 11.5 Å². The summed E-state index contributed by atoms with van der Waals surface area (Å²) in [6.07, 6.45) is 0. The molecule has 0 unspecified atom stereocenters. The van der Waals surface area contributed by atoms with Gasteiger partial charge in [-0.2, -0.15) is 0 Å². The Bertz CT molecular complexity index is 526. The molecule has 1 aromatic heterocycles. The molecule has 0 atom stereocenters. The summed E-state index contributed by atoms with van der Waals surface area (Å²) in [4.78, 5) is 11.0. The van der Waals surface area contributed by atoms with Crippen LogP contribution in [0.5, 0.6) is 0 Å². The maximum atomic E-state index is 11.0. The number of nitrogens with one attached hydrogen (secondary N) is 1. The summed E-state index contributed by atoms with van der Waals surface area (Å²) >= 11 is 2.15. The number of carbonyl (C=O) groups is 1. The van der Waals surface area contributed by atoms with Crippen LogP contribution in [-0.2, 0) is 0 Å². The van der Waals surface area contributed by atoms with E-state index in [0.717, 1.165) is 9.13 Å². The number of halogens is 1. The minimum absolute atomic E-state index is 0.233. The zero-order valence-corrected chi connectivity index (χ0v) is 10.0. The normalized spacial score (nSPS) is 10.1. The lowest BCUT2D eigenvalue weighted by molar-refractivity contribution is 0.0669. The molecule has 0 aliphatic heterocycles. The van der Waals surface area contributed by atoms with Gasteiger partial charge in [0.1, 0.15) is 0 Å². The summed E-state index contributed by atoms with van der Waals surface area (Å²) in [7, 11) is 0. The molecule has 1 aromatic carbocycles. The highest BCUT2D eigenvalue weighted by molar-refractivity contribution is 14.1. The van der Waals surface area contributed by atoms with Crippen molar-refractivity contribution >= 4 is 28.5 Å². The molecule has 7 heteroatoms. The lowest BCUT2D eigenvalue weighted by Gasteiger charge is -1.94. The maximum absolute atomic E-state index is 11.0. The summed E-state index contributed by atoms with van der Waals surface area (Å²) < 4.78 is 6.10. The third kappa shape index (κ3) is 2.19. The van der Waals surface area contributed by atoms with Gasteiger partial charge in [-0.3, -0.25) is 10.0 Å². The molecule has 0 fully saturated rings. The average molecular weight is 331 g/mol. The number of amides is 1. The molecule has 6 nitrogen and oxygen atoms in total. The molecule has 16 heavy (non-hydrogen) atoms. The predicted octanol–water partition coefficient (Wildman–Crippen LogP) is 1.46. The van der Waals surface area contributed by atoms with E-state index in [1.165, 1.54) is 5.48 Å². The Morgan fingerprint density at radius 3 is 2.94 bits per heavy atom. The quantitative estimate of drug-likeness (QED) is 0.494. The first-order chi connectivity index (χ1) is 7.70. The van der Waals surface area contributed by atoms with E-state index in [1.807, 2.05) is 18.2 Å².